The lowest BCUT2D eigenvalue weighted by Gasteiger charge is -2.03. The molecule has 0 aromatic carbocycles. The van der Waals surface area contributed by atoms with Crippen LogP contribution < -0.4 is 0 Å². The summed E-state index contributed by atoms with van der Waals surface area (Å²) in [6.45, 7) is 0. The monoisotopic (exact) mass is 334 g/mol. The van der Waals surface area contributed by atoms with Crippen molar-refractivity contribution in [3.8, 4) is 0 Å². The predicted octanol–water partition coefficient (Wildman–Crippen LogP) is 3.19. The second-order valence-corrected chi connectivity index (χ2v) is 3.67. The lowest BCUT2D eigenvalue weighted by Crippen LogP contribution is -1.99. The number of halogens is 4. The van der Waals surface area contributed by atoms with Gasteiger partial charge in [-0.05, 0) is 22.6 Å². The summed E-state index contributed by atoms with van der Waals surface area (Å²) in [4.78, 5) is 12.9. The molecule has 0 amide bonds. The van der Waals surface area contributed by atoms with Crippen molar-refractivity contribution in [1.82, 2.24) is 4.98 Å². The molecule has 0 aliphatic heterocycles. The molecule has 0 spiro atoms. The molecule has 0 aliphatic carbocycles. The molecule has 0 atom stereocenters. The van der Waals surface area contributed by atoms with Crippen molar-refractivity contribution < 1.29 is 13.7 Å². The molecule has 1 heterocycles. The number of rotatable bonds is 2. The highest BCUT2D eigenvalue weighted by Gasteiger charge is 2.23. The Morgan fingerprint density at radius 2 is 2.21 bits per heavy atom. The smallest absolute Gasteiger partial charge is 0.258 e. The summed E-state index contributed by atoms with van der Waals surface area (Å²) in [5.41, 5.74) is -1.01. The van der Waals surface area contributed by atoms with Crippen LogP contribution in [0.5, 0.6) is 0 Å². The molecule has 0 unspecified atom stereocenters. The van der Waals surface area contributed by atoms with Gasteiger partial charge in [0.15, 0.2) is 0 Å². The van der Waals surface area contributed by atoms with Gasteiger partial charge in [0.1, 0.15) is 16.9 Å². The minimum Gasteiger partial charge on any atom is -0.258 e. The first kappa shape index (κ1) is 11.5. The first-order chi connectivity index (χ1) is 6.45. The predicted molar refractivity (Wildman–Crippen MR) is 53.6 cm³/mol. The van der Waals surface area contributed by atoms with E-state index >= 15 is 0 Å². The van der Waals surface area contributed by atoms with Crippen LogP contribution in [0.4, 0.5) is 14.5 Å². The number of aromatic nitrogens is 1. The molecule has 14 heavy (non-hydrogen) atoms. The maximum atomic E-state index is 12.2. The number of nitro groups is 1. The topological polar surface area (TPSA) is 56.0 Å². The Morgan fingerprint density at radius 3 is 2.64 bits per heavy atom. The van der Waals surface area contributed by atoms with Crippen LogP contribution in [0.15, 0.2) is 6.20 Å². The highest BCUT2D eigenvalue weighted by Crippen LogP contribution is 2.33. The van der Waals surface area contributed by atoms with E-state index in [-0.39, 0.29) is 8.59 Å². The van der Waals surface area contributed by atoms with E-state index in [0.717, 1.165) is 6.20 Å². The molecule has 0 aliphatic rings. The van der Waals surface area contributed by atoms with Crippen LogP contribution in [-0.2, 0) is 0 Å². The second-order valence-electron chi connectivity index (χ2n) is 2.21. The van der Waals surface area contributed by atoms with Crippen LogP contribution >= 0.6 is 34.2 Å². The van der Waals surface area contributed by atoms with Crippen molar-refractivity contribution in [1.29, 1.82) is 0 Å². The van der Waals surface area contributed by atoms with E-state index in [0.29, 0.717) is 0 Å². The second kappa shape index (κ2) is 4.30. The Labute approximate surface area is 95.6 Å². The van der Waals surface area contributed by atoms with Gasteiger partial charge < -0.3 is 0 Å². The van der Waals surface area contributed by atoms with Gasteiger partial charge in [0.05, 0.1) is 8.49 Å². The molecular weight excluding hydrogens is 332 g/mol. The van der Waals surface area contributed by atoms with Crippen molar-refractivity contribution in [3.05, 3.63) is 30.6 Å². The molecule has 0 saturated carbocycles. The van der Waals surface area contributed by atoms with E-state index in [1.165, 1.54) is 22.6 Å². The van der Waals surface area contributed by atoms with Gasteiger partial charge in [-0.3, -0.25) is 10.1 Å². The van der Waals surface area contributed by atoms with Crippen molar-refractivity contribution in [2.45, 2.75) is 6.43 Å². The van der Waals surface area contributed by atoms with E-state index in [2.05, 4.69) is 4.98 Å². The third kappa shape index (κ3) is 2.08. The van der Waals surface area contributed by atoms with Crippen molar-refractivity contribution >= 4 is 39.9 Å². The Kier molecular flexibility index (Phi) is 3.53. The molecule has 0 fully saturated rings. The number of hydrogen-bond acceptors (Lipinski definition) is 3. The van der Waals surface area contributed by atoms with E-state index in [1.54, 1.807) is 0 Å². The van der Waals surface area contributed by atoms with Crippen molar-refractivity contribution in [3.63, 3.8) is 0 Å². The minimum absolute atomic E-state index is 0.0894. The molecule has 1 aromatic rings. The SMILES string of the molecule is O=[N+]([O-])c1cnc(C(F)F)c(I)c1Cl. The maximum Gasteiger partial charge on any atom is 0.307 e. The zero-order chi connectivity index (χ0) is 10.9. The van der Waals surface area contributed by atoms with Crippen LogP contribution in [0.2, 0.25) is 5.02 Å². The van der Waals surface area contributed by atoms with Gasteiger partial charge in [-0.1, -0.05) is 11.6 Å². The molecule has 0 N–H and O–H groups in total. The normalized spacial score (nSPS) is 10.6. The van der Waals surface area contributed by atoms with Crippen molar-refractivity contribution in [2.24, 2.45) is 0 Å². The van der Waals surface area contributed by atoms with E-state index in [9.17, 15) is 18.9 Å². The first-order valence-electron chi connectivity index (χ1n) is 3.21. The highest BCUT2D eigenvalue weighted by atomic mass is 127. The summed E-state index contributed by atoms with van der Waals surface area (Å²) < 4.78 is 24.4. The Balaban J connectivity index is 3.33. The Morgan fingerprint density at radius 1 is 1.64 bits per heavy atom. The van der Waals surface area contributed by atoms with E-state index in [4.69, 9.17) is 11.6 Å². The summed E-state index contributed by atoms with van der Waals surface area (Å²) in [5, 5.41) is 10.0. The molecule has 1 aromatic heterocycles. The largest absolute Gasteiger partial charge is 0.307 e. The van der Waals surface area contributed by atoms with E-state index < -0.39 is 22.7 Å². The van der Waals surface area contributed by atoms with Gasteiger partial charge in [0, 0.05) is 0 Å². The van der Waals surface area contributed by atoms with Crippen LogP contribution in [0.25, 0.3) is 0 Å². The zero-order valence-electron chi connectivity index (χ0n) is 6.38. The average molecular weight is 334 g/mol. The molecular formula is C6H2ClF2IN2O2. The molecule has 76 valence electrons. The quantitative estimate of drug-likeness (QED) is 0.474. The van der Waals surface area contributed by atoms with Gasteiger partial charge in [0.2, 0.25) is 0 Å². The number of nitrogens with zero attached hydrogens (tertiary/aromatic N) is 2. The summed E-state index contributed by atoms with van der Waals surface area (Å²) in [7, 11) is 0. The Hall–Kier alpha value is -0.570. The van der Waals surface area contributed by atoms with Gasteiger partial charge in [-0.2, -0.15) is 0 Å². The third-order valence-electron chi connectivity index (χ3n) is 1.37. The van der Waals surface area contributed by atoms with Gasteiger partial charge >= 0.3 is 5.69 Å². The van der Waals surface area contributed by atoms with Crippen LogP contribution in [0, 0.1) is 13.7 Å². The third-order valence-corrected chi connectivity index (χ3v) is 3.17. The summed E-state index contributed by atoms with van der Waals surface area (Å²) >= 11 is 7.02. The lowest BCUT2D eigenvalue weighted by atomic mass is 10.3. The van der Waals surface area contributed by atoms with Gasteiger partial charge in [-0.15, -0.1) is 0 Å². The molecule has 0 bridgehead atoms. The average Bonchev–Trinajstić information content (AvgIpc) is 2.08. The molecule has 8 heteroatoms. The summed E-state index contributed by atoms with van der Waals surface area (Å²) in [5.74, 6) is 0. The maximum absolute atomic E-state index is 12.2. The standard InChI is InChI=1S/C6H2ClF2IN2O2/c7-3-2(12(13)14)1-11-5(4(3)10)6(8)9/h1,6H. The molecule has 4 nitrogen and oxygen atoms in total. The van der Waals surface area contributed by atoms with Crippen LogP contribution in [0.3, 0.4) is 0 Å². The lowest BCUT2D eigenvalue weighted by molar-refractivity contribution is -0.385. The number of hydrogen-bond donors (Lipinski definition) is 0. The van der Waals surface area contributed by atoms with Crippen molar-refractivity contribution in [2.75, 3.05) is 0 Å². The zero-order valence-corrected chi connectivity index (χ0v) is 9.29. The van der Waals surface area contributed by atoms with Gasteiger partial charge in [-0.25, -0.2) is 13.8 Å². The molecule has 0 saturated heterocycles. The van der Waals surface area contributed by atoms with E-state index in [1.807, 2.05) is 0 Å². The fourth-order valence-electron chi connectivity index (χ4n) is 0.748. The molecule has 0 radical (unpaired) electrons. The number of pyridine rings is 1. The first-order valence-corrected chi connectivity index (χ1v) is 4.67. The minimum atomic E-state index is -2.79. The fraction of sp³-hybridized carbons (Fsp3) is 0.167. The highest BCUT2D eigenvalue weighted by molar-refractivity contribution is 14.1. The van der Waals surface area contributed by atoms with Crippen LogP contribution in [-0.4, -0.2) is 9.91 Å². The summed E-state index contributed by atoms with van der Waals surface area (Å²) in [6, 6.07) is 0. The number of alkyl halides is 2. The van der Waals surface area contributed by atoms with Gasteiger partial charge in [0.25, 0.3) is 6.43 Å². The van der Waals surface area contributed by atoms with Crippen LogP contribution in [0.1, 0.15) is 12.1 Å². The fourth-order valence-corrected chi connectivity index (χ4v) is 1.61. The Bertz CT molecular complexity index is 388. The summed E-state index contributed by atoms with van der Waals surface area (Å²) in [6.07, 6.45) is -2.06. The molecule has 1 rings (SSSR count).